The maximum atomic E-state index is 13.1. The van der Waals surface area contributed by atoms with Crippen LogP contribution in [0.15, 0.2) is 36.8 Å². The summed E-state index contributed by atoms with van der Waals surface area (Å²) in [7, 11) is 0. The molecule has 1 heterocycles. The van der Waals surface area contributed by atoms with Gasteiger partial charge in [0.2, 0.25) is 0 Å². The molecular weight excluding hydrogens is 277 g/mol. The van der Waals surface area contributed by atoms with Gasteiger partial charge in [0, 0.05) is 35.2 Å². The molecule has 1 aromatic heterocycles. The number of nitrogens with zero attached hydrogens (tertiary/aromatic N) is 2. The normalized spacial score (nSPS) is 13.2. The SMILES string of the molecule is C[C@@H](NC(C)(C)c1ccc(F)cc1Cl)c1cnccn1. The second kappa shape index (κ2) is 5.85. The van der Waals surface area contributed by atoms with Crippen LogP contribution in [0.4, 0.5) is 4.39 Å². The highest BCUT2D eigenvalue weighted by Gasteiger charge is 2.26. The van der Waals surface area contributed by atoms with Gasteiger partial charge >= 0.3 is 0 Å². The summed E-state index contributed by atoms with van der Waals surface area (Å²) in [5.41, 5.74) is 1.27. The molecule has 106 valence electrons. The highest BCUT2D eigenvalue weighted by atomic mass is 35.5. The number of rotatable bonds is 4. The van der Waals surface area contributed by atoms with E-state index in [1.165, 1.54) is 12.1 Å². The Kier molecular flexibility index (Phi) is 4.35. The fraction of sp³-hybridized carbons (Fsp3) is 0.333. The Morgan fingerprint density at radius 3 is 2.65 bits per heavy atom. The average molecular weight is 294 g/mol. The molecule has 0 saturated heterocycles. The first-order chi connectivity index (χ1) is 9.40. The number of hydrogen-bond acceptors (Lipinski definition) is 3. The summed E-state index contributed by atoms with van der Waals surface area (Å²) in [6.07, 6.45) is 5.02. The minimum absolute atomic E-state index is 0.000167. The van der Waals surface area contributed by atoms with Crippen molar-refractivity contribution in [3.63, 3.8) is 0 Å². The van der Waals surface area contributed by atoms with E-state index in [0.29, 0.717) is 5.02 Å². The van der Waals surface area contributed by atoms with Crippen molar-refractivity contribution in [3.8, 4) is 0 Å². The molecule has 2 aromatic rings. The van der Waals surface area contributed by atoms with Crippen molar-refractivity contribution in [2.45, 2.75) is 32.4 Å². The van der Waals surface area contributed by atoms with Crippen molar-refractivity contribution in [2.24, 2.45) is 0 Å². The van der Waals surface area contributed by atoms with E-state index in [1.807, 2.05) is 20.8 Å². The Balaban J connectivity index is 2.22. The summed E-state index contributed by atoms with van der Waals surface area (Å²) >= 11 is 6.14. The third-order valence-corrected chi connectivity index (χ3v) is 3.52. The lowest BCUT2D eigenvalue weighted by atomic mass is 9.93. The first kappa shape index (κ1) is 14.9. The van der Waals surface area contributed by atoms with Crippen molar-refractivity contribution in [1.82, 2.24) is 15.3 Å². The molecule has 0 aliphatic carbocycles. The van der Waals surface area contributed by atoms with Gasteiger partial charge in [-0.05, 0) is 38.5 Å². The molecule has 1 atom stereocenters. The second-order valence-corrected chi connectivity index (χ2v) is 5.65. The first-order valence-electron chi connectivity index (χ1n) is 6.39. The summed E-state index contributed by atoms with van der Waals surface area (Å²) < 4.78 is 13.1. The Hall–Kier alpha value is -1.52. The first-order valence-corrected chi connectivity index (χ1v) is 6.77. The van der Waals surface area contributed by atoms with Gasteiger partial charge in [0.1, 0.15) is 5.82 Å². The number of halogens is 2. The lowest BCUT2D eigenvalue weighted by Crippen LogP contribution is -2.38. The smallest absolute Gasteiger partial charge is 0.124 e. The van der Waals surface area contributed by atoms with Crippen molar-refractivity contribution in [3.05, 3.63) is 58.9 Å². The van der Waals surface area contributed by atoms with Crippen LogP contribution in [0.3, 0.4) is 0 Å². The van der Waals surface area contributed by atoms with E-state index in [-0.39, 0.29) is 11.9 Å². The maximum absolute atomic E-state index is 13.1. The molecule has 5 heteroatoms. The zero-order valence-electron chi connectivity index (χ0n) is 11.7. The lowest BCUT2D eigenvalue weighted by molar-refractivity contribution is 0.353. The van der Waals surface area contributed by atoms with E-state index in [0.717, 1.165) is 11.3 Å². The monoisotopic (exact) mass is 293 g/mol. The van der Waals surface area contributed by atoms with Gasteiger partial charge in [-0.1, -0.05) is 17.7 Å². The van der Waals surface area contributed by atoms with Crippen LogP contribution in [0.1, 0.15) is 38.1 Å². The highest BCUT2D eigenvalue weighted by Crippen LogP contribution is 2.30. The Labute approximate surface area is 123 Å². The van der Waals surface area contributed by atoms with Gasteiger partial charge in [-0.2, -0.15) is 0 Å². The number of nitrogens with one attached hydrogen (secondary N) is 1. The predicted molar refractivity (Wildman–Crippen MR) is 78.0 cm³/mol. The lowest BCUT2D eigenvalue weighted by Gasteiger charge is -2.31. The maximum Gasteiger partial charge on any atom is 0.124 e. The molecule has 0 aliphatic rings. The van der Waals surface area contributed by atoms with Crippen LogP contribution < -0.4 is 5.32 Å². The molecule has 0 amide bonds. The molecule has 1 aromatic carbocycles. The van der Waals surface area contributed by atoms with Crippen molar-refractivity contribution in [2.75, 3.05) is 0 Å². The molecule has 0 bridgehead atoms. The van der Waals surface area contributed by atoms with Crippen LogP contribution in [0.25, 0.3) is 0 Å². The summed E-state index contributed by atoms with van der Waals surface area (Å²) in [6, 6.07) is 4.44. The molecule has 0 aliphatic heterocycles. The summed E-state index contributed by atoms with van der Waals surface area (Å²) in [5, 5.41) is 3.85. The van der Waals surface area contributed by atoms with Gasteiger partial charge in [0.25, 0.3) is 0 Å². The van der Waals surface area contributed by atoms with Crippen molar-refractivity contribution in [1.29, 1.82) is 0 Å². The van der Waals surface area contributed by atoms with Gasteiger partial charge in [0.15, 0.2) is 0 Å². The Morgan fingerprint density at radius 1 is 1.30 bits per heavy atom. The summed E-state index contributed by atoms with van der Waals surface area (Å²) in [4.78, 5) is 8.33. The zero-order chi connectivity index (χ0) is 14.8. The largest absolute Gasteiger partial charge is 0.300 e. The summed E-state index contributed by atoms with van der Waals surface area (Å²) in [6.45, 7) is 6.00. The Bertz CT molecular complexity index is 587. The molecule has 3 nitrogen and oxygen atoms in total. The summed E-state index contributed by atoms with van der Waals surface area (Å²) in [5.74, 6) is -0.337. The minimum atomic E-state index is -0.415. The van der Waals surface area contributed by atoms with Crippen LogP contribution in [0, 0.1) is 5.82 Å². The third kappa shape index (κ3) is 3.32. The molecule has 0 spiro atoms. The van der Waals surface area contributed by atoms with E-state index in [4.69, 9.17) is 11.6 Å². The molecule has 0 unspecified atom stereocenters. The van der Waals surface area contributed by atoms with Crippen molar-refractivity contribution < 1.29 is 4.39 Å². The highest BCUT2D eigenvalue weighted by molar-refractivity contribution is 6.31. The van der Waals surface area contributed by atoms with E-state index in [9.17, 15) is 4.39 Å². The molecule has 20 heavy (non-hydrogen) atoms. The van der Waals surface area contributed by atoms with Crippen LogP contribution in [-0.2, 0) is 5.54 Å². The molecule has 0 fully saturated rings. The topological polar surface area (TPSA) is 37.8 Å². The number of hydrogen-bond donors (Lipinski definition) is 1. The zero-order valence-corrected chi connectivity index (χ0v) is 12.4. The number of benzene rings is 1. The predicted octanol–water partition coefficient (Wildman–Crippen LogP) is 3.86. The van der Waals surface area contributed by atoms with Gasteiger partial charge in [0.05, 0.1) is 5.69 Å². The van der Waals surface area contributed by atoms with E-state index < -0.39 is 5.54 Å². The van der Waals surface area contributed by atoms with Crippen LogP contribution in [0.5, 0.6) is 0 Å². The van der Waals surface area contributed by atoms with Crippen LogP contribution >= 0.6 is 11.6 Å². The standard InChI is InChI=1S/C15H17ClFN3/c1-10(14-9-18-6-7-19-14)20-15(2,3)12-5-4-11(17)8-13(12)16/h4-10,20H,1-3H3/t10-/m1/s1. The second-order valence-electron chi connectivity index (χ2n) is 5.25. The quantitative estimate of drug-likeness (QED) is 0.930. The van der Waals surface area contributed by atoms with Gasteiger partial charge in [-0.15, -0.1) is 0 Å². The molecule has 2 rings (SSSR count). The fourth-order valence-corrected chi connectivity index (χ4v) is 2.63. The third-order valence-electron chi connectivity index (χ3n) is 3.21. The van der Waals surface area contributed by atoms with Crippen LogP contribution in [-0.4, -0.2) is 9.97 Å². The van der Waals surface area contributed by atoms with E-state index in [2.05, 4.69) is 15.3 Å². The van der Waals surface area contributed by atoms with Crippen LogP contribution in [0.2, 0.25) is 5.02 Å². The van der Waals surface area contributed by atoms with Gasteiger partial charge < -0.3 is 0 Å². The van der Waals surface area contributed by atoms with Gasteiger partial charge in [-0.3, -0.25) is 15.3 Å². The fourth-order valence-electron chi connectivity index (χ4n) is 2.22. The Morgan fingerprint density at radius 2 is 2.05 bits per heavy atom. The average Bonchev–Trinajstić information content (AvgIpc) is 2.38. The minimum Gasteiger partial charge on any atom is -0.300 e. The molecule has 0 radical (unpaired) electrons. The van der Waals surface area contributed by atoms with Crippen molar-refractivity contribution >= 4 is 11.6 Å². The molecular formula is C15H17ClFN3. The molecule has 0 saturated carbocycles. The van der Waals surface area contributed by atoms with Gasteiger partial charge in [-0.25, -0.2) is 4.39 Å². The van der Waals surface area contributed by atoms with E-state index >= 15 is 0 Å². The number of aromatic nitrogens is 2. The van der Waals surface area contributed by atoms with E-state index in [1.54, 1.807) is 24.7 Å². The molecule has 1 N–H and O–H groups in total.